The summed E-state index contributed by atoms with van der Waals surface area (Å²) < 4.78 is 5.27. The number of β-amino-alcohol motifs (C(OH)–C–C–N with tert-alkyl or cyclic N) is 1. The highest BCUT2D eigenvalue weighted by Crippen LogP contribution is 2.33. The summed E-state index contributed by atoms with van der Waals surface area (Å²) in [5, 5.41) is 17.6. The van der Waals surface area contributed by atoms with E-state index < -0.39 is 5.97 Å². The number of aliphatic carboxylic acids is 1. The zero-order valence-corrected chi connectivity index (χ0v) is 11.2. The van der Waals surface area contributed by atoms with Gasteiger partial charge in [-0.1, -0.05) is 0 Å². The lowest BCUT2D eigenvalue weighted by molar-refractivity contribution is -0.137. The van der Waals surface area contributed by atoms with Gasteiger partial charge in [0.25, 0.3) is 5.91 Å². The number of nitrogens with zero attached hydrogens (tertiary/aromatic N) is 1. The number of Topliss-reactive ketones (excluding diaryl/α,β-unsaturated/α-hetero) is 1. The maximum absolute atomic E-state index is 11.9. The number of fused-ring (bicyclic) bond motifs is 1. The Balaban J connectivity index is 2.25. The van der Waals surface area contributed by atoms with Gasteiger partial charge in [0.1, 0.15) is 5.75 Å². The van der Waals surface area contributed by atoms with Crippen molar-refractivity contribution in [2.45, 2.75) is 12.8 Å². The number of anilines is 1. The number of ketones is 1. The largest absolute Gasteiger partial charge is 0.482 e. The lowest BCUT2D eigenvalue weighted by atomic mass is 10.0. The van der Waals surface area contributed by atoms with E-state index in [9.17, 15) is 14.4 Å². The van der Waals surface area contributed by atoms with Crippen LogP contribution in [0.1, 0.15) is 23.2 Å². The lowest BCUT2D eigenvalue weighted by Gasteiger charge is -2.29. The van der Waals surface area contributed by atoms with E-state index in [0.717, 1.165) is 0 Å². The second-order valence-corrected chi connectivity index (χ2v) is 4.56. The van der Waals surface area contributed by atoms with Crippen molar-refractivity contribution in [2.75, 3.05) is 24.7 Å². The average Bonchev–Trinajstić information content (AvgIpc) is 2.47. The van der Waals surface area contributed by atoms with Crippen molar-refractivity contribution < 1.29 is 29.3 Å². The predicted octanol–water partition coefficient (Wildman–Crippen LogP) is 0.452. The minimum Gasteiger partial charge on any atom is -0.482 e. The Hall–Kier alpha value is -2.41. The average molecular weight is 293 g/mol. The minimum atomic E-state index is -1.04. The molecular weight excluding hydrogens is 278 g/mol. The number of rotatable bonds is 6. The van der Waals surface area contributed by atoms with Gasteiger partial charge in [0.15, 0.2) is 12.4 Å². The van der Waals surface area contributed by atoms with Crippen molar-refractivity contribution in [1.29, 1.82) is 0 Å². The molecule has 1 heterocycles. The van der Waals surface area contributed by atoms with E-state index in [2.05, 4.69) is 0 Å². The lowest BCUT2D eigenvalue weighted by Crippen LogP contribution is -2.40. The summed E-state index contributed by atoms with van der Waals surface area (Å²) in [6, 6.07) is 4.60. The van der Waals surface area contributed by atoms with Gasteiger partial charge in [0.05, 0.1) is 18.7 Å². The van der Waals surface area contributed by atoms with E-state index in [1.165, 1.54) is 17.0 Å². The van der Waals surface area contributed by atoms with Gasteiger partial charge in [-0.05, 0) is 18.2 Å². The number of aliphatic hydroxyl groups excluding tert-OH is 1. The normalized spacial score (nSPS) is 13.6. The summed E-state index contributed by atoms with van der Waals surface area (Å²) in [5.74, 6) is -1.20. The number of carbonyl (C=O) groups is 3. The molecule has 2 N–H and O–H groups in total. The summed E-state index contributed by atoms with van der Waals surface area (Å²) >= 11 is 0. The van der Waals surface area contributed by atoms with Gasteiger partial charge in [-0.2, -0.15) is 0 Å². The first-order valence-corrected chi connectivity index (χ1v) is 6.46. The Kier molecular flexibility index (Phi) is 4.54. The molecular formula is C14H15NO6. The van der Waals surface area contributed by atoms with Crippen LogP contribution in [0.3, 0.4) is 0 Å². The maximum atomic E-state index is 11.9. The smallest absolute Gasteiger partial charge is 0.303 e. The molecule has 0 radical (unpaired) electrons. The minimum absolute atomic E-state index is 0.108. The first-order valence-electron chi connectivity index (χ1n) is 6.46. The predicted molar refractivity (Wildman–Crippen MR) is 72.6 cm³/mol. The summed E-state index contributed by atoms with van der Waals surface area (Å²) in [6.07, 6.45) is -0.353. The van der Waals surface area contributed by atoms with E-state index in [0.29, 0.717) is 17.0 Å². The first kappa shape index (κ1) is 15.0. The fourth-order valence-electron chi connectivity index (χ4n) is 2.09. The van der Waals surface area contributed by atoms with Crippen LogP contribution in [0.2, 0.25) is 0 Å². The fourth-order valence-corrected chi connectivity index (χ4v) is 2.09. The molecule has 0 bridgehead atoms. The highest BCUT2D eigenvalue weighted by atomic mass is 16.5. The SMILES string of the molecule is O=C(O)CCC(=O)c1ccc2c(c1)N(CCO)C(=O)CO2. The van der Waals surface area contributed by atoms with Crippen LogP contribution < -0.4 is 9.64 Å². The van der Waals surface area contributed by atoms with Crippen LogP contribution in [0.25, 0.3) is 0 Å². The molecule has 1 aromatic rings. The molecule has 1 aromatic carbocycles. The third-order valence-electron chi connectivity index (χ3n) is 3.11. The third kappa shape index (κ3) is 3.38. The first-order chi connectivity index (χ1) is 10.0. The second kappa shape index (κ2) is 6.36. The van der Waals surface area contributed by atoms with Crippen molar-refractivity contribution in [3.63, 3.8) is 0 Å². The van der Waals surface area contributed by atoms with Gasteiger partial charge in [-0.15, -0.1) is 0 Å². The molecule has 0 aromatic heterocycles. The van der Waals surface area contributed by atoms with E-state index in [1.54, 1.807) is 6.07 Å². The Morgan fingerprint density at radius 1 is 1.29 bits per heavy atom. The molecule has 1 amide bonds. The van der Waals surface area contributed by atoms with Crippen LogP contribution in [-0.4, -0.2) is 47.6 Å². The summed E-state index contributed by atoms with van der Waals surface area (Å²) in [7, 11) is 0. The number of carboxylic acids is 1. The second-order valence-electron chi connectivity index (χ2n) is 4.56. The quantitative estimate of drug-likeness (QED) is 0.738. The standard InChI is InChI=1S/C14H15NO6/c16-6-5-15-10-7-9(11(17)2-4-14(19)20)1-3-12(10)21-8-13(15)18/h1,3,7,16H,2,4-6,8H2,(H,19,20). The number of carbonyl (C=O) groups excluding carboxylic acids is 2. The number of aliphatic hydroxyl groups is 1. The van der Waals surface area contributed by atoms with E-state index in [1.807, 2.05) is 0 Å². The van der Waals surface area contributed by atoms with Gasteiger partial charge in [-0.3, -0.25) is 14.4 Å². The summed E-state index contributed by atoms with van der Waals surface area (Å²) in [4.78, 5) is 35.5. The van der Waals surface area contributed by atoms with Crippen LogP contribution in [-0.2, 0) is 9.59 Å². The number of benzene rings is 1. The van der Waals surface area contributed by atoms with E-state index >= 15 is 0 Å². The molecule has 0 unspecified atom stereocenters. The van der Waals surface area contributed by atoms with Crippen LogP contribution in [0.15, 0.2) is 18.2 Å². The monoisotopic (exact) mass is 293 g/mol. The topological polar surface area (TPSA) is 104 Å². The number of hydrogen-bond acceptors (Lipinski definition) is 5. The van der Waals surface area contributed by atoms with Crippen molar-refractivity contribution in [1.82, 2.24) is 0 Å². The molecule has 0 fully saturated rings. The number of carboxylic acid groups (broad SMARTS) is 1. The van der Waals surface area contributed by atoms with Crippen LogP contribution in [0.4, 0.5) is 5.69 Å². The van der Waals surface area contributed by atoms with Crippen molar-refractivity contribution in [2.24, 2.45) is 0 Å². The summed E-state index contributed by atoms with van der Waals surface area (Å²) in [5.41, 5.74) is 0.734. The van der Waals surface area contributed by atoms with Gasteiger partial charge in [0, 0.05) is 18.5 Å². The van der Waals surface area contributed by atoms with E-state index in [-0.39, 0.29) is 44.3 Å². The molecule has 0 aliphatic carbocycles. The van der Waals surface area contributed by atoms with Crippen LogP contribution in [0, 0.1) is 0 Å². The molecule has 2 rings (SSSR count). The zero-order valence-electron chi connectivity index (χ0n) is 11.2. The molecule has 0 atom stereocenters. The van der Waals surface area contributed by atoms with Crippen LogP contribution in [0.5, 0.6) is 5.75 Å². The zero-order chi connectivity index (χ0) is 15.4. The molecule has 7 heteroatoms. The van der Waals surface area contributed by atoms with Crippen molar-refractivity contribution >= 4 is 23.3 Å². The molecule has 0 saturated carbocycles. The van der Waals surface area contributed by atoms with Gasteiger partial charge < -0.3 is 19.8 Å². The Bertz CT molecular complexity index is 583. The molecule has 1 aliphatic heterocycles. The summed E-state index contributed by atoms with van der Waals surface area (Å²) in [6.45, 7) is -0.205. The molecule has 21 heavy (non-hydrogen) atoms. The van der Waals surface area contributed by atoms with Gasteiger partial charge in [-0.25, -0.2) is 0 Å². The van der Waals surface area contributed by atoms with Gasteiger partial charge >= 0.3 is 5.97 Å². The molecule has 7 nitrogen and oxygen atoms in total. The van der Waals surface area contributed by atoms with Gasteiger partial charge in [0.2, 0.25) is 0 Å². The highest BCUT2D eigenvalue weighted by Gasteiger charge is 2.26. The van der Waals surface area contributed by atoms with Crippen molar-refractivity contribution in [3.8, 4) is 5.75 Å². The Morgan fingerprint density at radius 3 is 2.71 bits per heavy atom. The molecule has 1 aliphatic rings. The Morgan fingerprint density at radius 2 is 2.05 bits per heavy atom. The number of hydrogen-bond donors (Lipinski definition) is 2. The molecule has 0 saturated heterocycles. The number of amides is 1. The molecule has 0 spiro atoms. The van der Waals surface area contributed by atoms with E-state index in [4.69, 9.17) is 14.9 Å². The molecule has 112 valence electrons. The fraction of sp³-hybridized carbons (Fsp3) is 0.357. The number of ether oxygens (including phenoxy) is 1. The Labute approximate surface area is 120 Å². The van der Waals surface area contributed by atoms with Crippen LogP contribution >= 0.6 is 0 Å². The highest BCUT2D eigenvalue weighted by molar-refractivity contribution is 6.02. The van der Waals surface area contributed by atoms with Crippen molar-refractivity contribution in [3.05, 3.63) is 23.8 Å². The third-order valence-corrected chi connectivity index (χ3v) is 3.11. The maximum Gasteiger partial charge on any atom is 0.303 e.